The van der Waals surface area contributed by atoms with Gasteiger partial charge in [0.05, 0.1) is 6.10 Å². The lowest BCUT2D eigenvalue weighted by molar-refractivity contribution is -0.132. The van der Waals surface area contributed by atoms with E-state index in [1.807, 2.05) is 0 Å². The van der Waals surface area contributed by atoms with Gasteiger partial charge in [0.15, 0.2) is 0 Å². The van der Waals surface area contributed by atoms with Crippen molar-refractivity contribution in [2.45, 2.75) is 106 Å². The number of carbonyl (C=O) groups is 1. The molecule has 0 saturated heterocycles. The maximum absolute atomic E-state index is 12.7. The summed E-state index contributed by atoms with van der Waals surface area (Å²) in [5.41, 5.74) is 3.04. The molecular weight excluding hydrogens is 380 g/mol. The summed E-state index contributed by atoms with van der Waals surface area (Å²) in [5, 5.41) is 11.0. The topological polar surface area (TPSA) is 37.3 Å². The fraction of sp³-hybridized carbons (Fsp3) is 0.828. The average molecular weight is 427 g/mol. The van der Waals surface area contributed by atoms with Crippen LogP contribution in [-0.4, -0.2) is 17.0 Å². The Balaban J connectivity index is 1.58. The monoisotopic (exact) mass is 426 g/mol. The molecule has 8 atom stereocenters. The first-order valence-electron chi connectivity index (χ1n) is 13.0. The van der Waals surface area contributed by atoms with Crippen LogP contribution in [-0.2, 0) is 4.79 Å². The number of aliphatic hydroxyl groups excluding tert-OH is 1. The molecule has 0 unspecified atom stereocenters. The zero-order valence-corrected chi connectivity index (χ0v) is 21.1. The summed E-state index contributed by atoms with van der Waals surface area (Å²) < 4.78 is 0. The van der Waals surface area contributed by atoms with E-state index in [0.29, 0.717) is 23.0 Å². The first-order valence-corrected chi connectivity index (χ1v) is 13.0. The Kier molecular flexibility index (Phi) is 5.90. The second-order valence-electron chi connectivity index (χ2n) is 12.9. The van der Waals surface area contributed by atoms with E-state index in [4.69, 9.17) is 0 Å². The van der Waals surface area contributed by atoms with Gasteiger partial charge in [-0.3, -0.25) is 4.79 Å². The number of fused-ring (bicyclic) bond motifs is 5. The zero-order chi connectivity index (χ0) is 22.8. The van der Waals surface area contributed by atoms with Crippen LogP contribution in [0.4, 0.5) is 0 Å². The van der Waals surface area contributed by atoms with Crippen LogP contribution in [0.2, 0.25) is 0 Å². The van der Waals surface area contributed by atoms with Gasteiger partial charge in [0, 0.05) is 11.8 Å². The second-order valence-corrected chi connectivity index (χ2v) is 12.9. The number of ketones is 1. The number of aliphatic hydroxyl groups is 1. The molecule has 0 amide bonds. The first kappa shape index (κ1) is 23.3. The Morgan fingerprint density at radius 2 is 1.84 bits per heavy atom. The van der Waals surface area contributed by atoms with Gasteiger partial charge in [-0.25, -0.2) is 0 Å². The molecule has 0 aromatic rings. The van der Waals surface area contributed by atoms with Crippen molar-refractivity contribution < 1.29 is 9.90 Å². The molecule has 0 spiro atoms. The van der Waals surface area contributed by atoms with E-state index < -0.39 is 0 Å². The second kappa shape index (κ2) is 7.86. The molecule has 3 fully saturated rings. The van der Waals surface area contributed by atoms with Crippen molar-refractivity contribution in [2.75, 3.05) is 0 Å². The molecule has 0 aromatic heterocycles. The maximum Gasteiger partial charge on any atom is 0.142 e. The van der Waals surface area contributed by atoms with Crippen LogP contribution in [0.25, 0.3) is 0 Å². The van der Waals surface area contributed by atoms with Gasteiger partial charge in [0.25, 0.3) is 0 Å². The van der Waals surface area contributed by atoms with Gasteiger partial charge in [-0.05, 0) is 113 Å². The van der Waals surface area contributed by atoms with E-state index in [-0.39, 0.29) is 16.9 Å². The summed E-state index contributed by atoms with van der Waals surface area (Å²) in [4.78, 5) is 12.7. The fourth-order valence-electron chi connectivity index (χ4n) is 8.96. The molecule has 0 heterocycles. The Bertz CT molecular complexity index is 785. The summed E-state index contributed by atoms with van der Waals surface area (Å²) in [7, 11) is 0. The van der Waals surface area contributed by atoms with Gasteiger partial charge in [-0.1, -0.05) is 44.1 Å². The SMILES string of the molecule is CC(C)=CC[C@@H](O)[C@@H](C)[C@H]1CC[C@H]2[C@@H]3CC=C4C(C)(C)C(=O)CC[C@]4(C)[C@H]3CC[C@]12C. The van der Waals surface area contributed by atoms with E-state index in [9.17, 15) is 9.90 Å². The predicted octanol–water partition coefficient (Wildman–Crippen LogP) is 7.12. The summed E-state index contributed by atoms with van der Waals surface area (Å²) in [6.45, 7) is 16.0. The normalized spacial score (nSPS) is 43.2. The average Bonchev–Trinajstić information content (AvgIpc) is 3.06. The molecule has 0 radical (unpaired) electrons. The van der Waals surface area contributed by atoms with Gasteiger partial charge in [0.1, 0.15) is 5.78 Å². The highest BCUT2D eigenvalue weighted by molar-refractivity contribution is 5.89. The van der Waals surface area contributed by atoms with Crippen molar-refractivity contribution in [2.24, 2.45) is 45.8 Å². The van der Waals surface area contributed by atoms with Crippen LogP contribution < -0.4 is 0 Å². The lowest BCUT2D eigenvalue weighted by Gasteiger charge is -2.60. The minimum Gasteiger partial charge on any atom is -0.393 e. The molecule has 0 aromatic carbocycles. The van der Waals surface area contributed by atoms with Crippen molar-refractivity contribution in [1.29, 1.82) is 0 Å². The van der Waals surface area contributed by atoms with Crippen molar-refractivity contribution in [3.05, 3.63) is 23.3 Å². The van der Waals surface area contributed by atoms with Crippen molar-refractivity contribution in [3.8, 4) is 0 Å². The molecule has 0 aliphatic heterocycles. The molecule has 174 valence electrons. The Labute approximate surface area is 191 Å². The minimum absolute atomic E-state index is 0.203. The maximum atomic E-state index is 12.7. The Hall–Kier alpha value is -0.890. The van der Waals surface area contributed by atoms with Gasteiger partial charge < -0.3 is 5.11 Å². The van der Waals surface area contributed by atoms with Crippen LogP contribution in [0.1, 0.15) is 99.8 Å². The Morgan fingerprint density at radius 3 is 2.52 bits per heavy atom. The molecule has 31 heavy (non-hydrogen) atoms. The molecule has 3 saturated carbocycles. The van der Waals surface area contributed by atoms with E-state index in [0.717, 1.165) is 43.4 Å². The van der Waals surface area contributed by atoms with Crippen LogP contribution in [0.5, 0.6) is 0 Å². The van der Waals surface area contributed by atoms with E-state index >= 15 is 0 Å². The van der Waals surface area contributed by atoms with Crippen LogP contribution in [0, 0.1) is 45.8 Å². The molecule has 4 rings (SSSR count). The third kappa shape index (κ3) is 3.51. The quantitative estimate of drug-likeness (QED) is 0.486. The first-order chi connectivity index (χ1) is 14.4. The zero-order valence-electron chi connectivity index (χ0n) is 21.1. The third-order valence-corrected chi connectivity index (χ3v) is 10.8. The number of hydrogen-bond acceptors (Lipinski definition) is 2. The highest BCUT2D eigenvalue weighted by Crippen LogP contribution is 2.68. The standard InChI is InChI=1S/C29H46O2/c1-18(2)8-12-24(30)19(3)21-10-11-22-20-9-13-25-27(4,5)26(31)15-17-29(25,7)23(20)14-16-28(21,22)6/h8,13,19-24,30H,9-12,14-17H2,1-7H3/t19-,20-,21+,22-,23-,24+,28+,29+/m0/s1. The smallest absolute Gasteiger partial charge is 0.142 e. The Morgan fingerprint density at radius 1 is 1.13 bits per heavy atom. The van der Waals surface area contributed by atoms with E-state index in [1.165, 1.54) is 36.8 Å². The van der Waals surface area contributed by atoms with E-state index in [2.05, 4.69) is 60.6 Å². The number of rotatable bonds is 4. The van der Waals surface area contributed by atoms with Gasteiger partial charge in [-0.2, -0.15) is 0 Å². The molecular formula is C29H46O2. The van der Waals surface area contributed by atoms with Crippen molar-refractivity contribution in [1.82, 2.24) is 0 Å². The minimum atomic E-state index is -0.277. The lowest BCUT2D eigenvalue weighted by Crippen LogP contribution is -2.54. The molecule has 4 aliphatic rings. The lowest BCUT2D eigenvalue weighted by atomic mass is 9.44. The number of Topliss-reactive ketones (excluding diaryl/α,β-unsaturated/α-hetero) is 1. The summed E-state index contributed by atoms with van der Waals surface area (Å²) in [5.74, 6) is 3.67. The highest BCUT2D eigenvalue weighted by atomic mass is 16.3. The van der Waals surface area contributed by atoms with Gasteiger partial charge in [0.2, 0.25) is 0 Å². The van der Waals surface area contributed by atoms with Crippen LogP contribution in [0.15, 0.2) is 23.3 Å². The van der Waals surface area contributed by atoms with Gasteiger partial charge >= 0.3 is 0 Å². The molecule has 0 bridgehead atoms. The summed E-state index contributed by atoms with van der Waals surface area (Å²) >= 11 is 0. The van der Waals surface area contributed by atoms with Crippen LogP contribution >= 0.6 is 0 Å². The van der Waals surface area contributed by atoms with E-state index in [1.54, 1.807) is 0 Å². The number of hydrogen-bond donors (Lipinski definition) is 1. The van der Waals surface area contributed by atoms with Crippen molar-refractivity contribution >= 4 is 5.78 Å². The van der Waals surface area contributed by atoms with Crippen LogP contribution in [0.3, 0.4) is 0 Å². The molecule has 1 N–H and O–H groups in total. The molecule has 4 aliphatic carbocycles. The molecule has 2 nitrogen and oxygen atoms in total. The van der Waals surface area contributed by atoms with Gasteiger partial charge in [-0.15, -0.1) is 0 Å². The highest BCUT2D eigenvalue weighted by Gasteiger charge is 2.61. The number of carbonyl (C=O) groups excluding carboxylic acids is 1. The molecule has 2 heteroatoms. The fourth-order valence-corrected chi connectivity index (χ4v) is 8.96. The van der Waals surface area contributed by atoms with Crippen molar-refractivity contribution in [3.63, 3.8) is 0 Å². The number of allylic oxidation sites excluding steroid dienone is 3. The predicted molar refractivity (Wildman–Crippen MR) is 129 cm³/mol. The third-order valence-electron chi connectivity index (χ3n) is 10.8. The summed E-state index contributed by atoms with van der Waals surface area (Å²) in [6.07, 6.45) is 13.4. The largest absolute Gasteiger partial charge is 0.393 e. The summed E-state index contributed by atoms with van der Waals surface area (Å²) in [6, 6.07) is 0.